The van der Waals surface area contributed by atoms with Gasteiger partial charge >= 0.3 is 7.12 Å². The van der Waals surface area contributed by atoms with Crippen LogP contribution in [0.25, 0.3) is 0 Å². The van der Waals surface area contributed by atoms with E-state index < -0.39 is 0 Å². The van der Waals surface area contributed by atoms with E-state index in [1.165, 1.54) is 24.8 Å². The van der Waals surface area contributed by atoms with Crippen molar-refractivity contribution in [2.75, 3.05) is 0 Å². The first kappa shape index (κ1) is 16.4. The zero-order valence-corrected chi connectivity index (χ0v) is 15.3. The molecule has 2 unspecified atom stereocenters. The fourth-order valence-corrected chi connectivity index (χ4v) is 4.03. The van der Waals surface area contributed by atoms with Gasteiger partial charge in [-0.25, -0.2) is 0 Å². The molecule has 3 aliphatic rings. The largest absolute Gasteiger partial charge is 0.494 e. The SMILES string of the molecule is CC1(C)OB(c2cccc(CC3=CC4CCC(C3)N4)c2)OC1(C)C. The number of hydrogen-bond acceptors (Lipinski definition) is 3. The standard InChI is InChI=1S/C20H28BNO2/c1-19(2)20(3,4)24-21(23-19)16-7-5-6-14(11-16)10-15-12-17-8-9-18(13-15)22-17/h5-7,11-12,17-18,22H,8-10,13H2,1-4H3. The molecule has 0 spiro atoms. The Bertz CT molecular complexity index is 651. The van der Waals surface area contributed by atoms with E-state index in [4.69, 9.17) is 9.31 Å². The zero-order chi connectivity index (χ0) is 16.9. The van der Waals surface area contributed by atoms with Gasteiger partial charge in [-0.15, -0.1) is 0 Å². The van der Waals surface area contributed by atoms with Crippen LogP contribution in [0.2, 0.25) is 0 Å². The van der Waals surface area contributed by atoms with Crippen LogP contribution >= 0.6 is 0 Å². The highest BCUT2D eigenvalue weighted by Gasteiger charge is 2.51. The van der Waals surface area contributed by atoms with E-state index in [1.807, 2.05) is 0 Å². The Morgan fingerprint density at radius 2 is 1.88 bits per heavy atom. The molecule has 2 fully saturated rings. The second kappa shape index (κ2) is 5.72. The van der Waals surface area contributed by atoms with Crippen molar-refractivity contribution in [1.29, 1.82) is 0 Å². The van der Waals surface area contributed by atoms with Gasteiger partial charge in [0.25, 0.3) is 0 Å². The monoisotopic (exact) mass is 325 g/mol. The maximum absolute atomic E-state index is 6.19. The summed E-state index contributed by atoms with van der Waals surface area (Å²) in [5.41, 5.74) is 3.49. The molecule has 3 heterocycles. The molecule has 24 heavy (non-hydrogen) atoms. The van der Waals surface area contributed by atoms with Crippen molar-refractivity contribution in [3.05, 3.63) is 41.5 Å². The van der Waals surface area contributed by atoms with E-state index in [9.17, 15) is 0 Å². The quantitative estimate of drug-likeness (QED) is 0.685. The second-order valence-corrected chi connectivity index (χ2v) is 8.59. The Balaban J connectivity index is 1.51. The van der Waals surface area contributed by atoms with Gasteiger partial charge in [0.2, 0.25) is 0 Å². The third-order valence-electron chi connectivity index (χ3n) is 6.13. The molecule has 3 nitrogen and oxygen atoms in total. The van der Waals surface area contributed by atoms with Crippen molar-refractivity contribution in [3.63, 3.8) is 0 Å². The summed E-state index contributed by atoms with van der Waals surface area (Å²) in [6.45, 7) is 8.41. The number of nitrogens with one attached hydrogen (secondary N) is 1. The third kappa shape index (κ3) is 2.96. The molecule has 0 saturated carbocycles. The summed E-state index contributed by atoms with van der Waals surface area (Å²) in [6.07, 6.45) is 7.30. The van der Waals surface area contributed by atoms with E-state index >= 15 is 0 Å². The van der Waals surface area contributed by atoms with E-state index in [2.05, 4.69) is 63.4 Å². The van der Waals surface area contributed by atoms with Gasteiger partial charge in [0, 0.05) is 12.1 Å². The van der Waals surface area contributed by atoms with E-state index in [0.717, 1.165) is 11.9 Å². The average Bonchev–Trinajstić information content (AvgIpc) is 2.95. The first-order valence-corrected chi connectivity index (χ1v) is 9.22. The molecule has 4 heteroatoms. The Hall–Kier alpha value is -1.10. The van der Waals surface area contributed by atoms with Gasteiger partial charge in [0.15, 0.2) is 0 Å². The lowest BCUT2D eigenvalue weighted by molar-refractivity contribution is 0.00578. The van der Waals surface area contributed by atoms with Gasteiger partial charge < -0.3 is 14.6 Å². The van der Waals surface area contributed by atoms with Gasteiger partial charge in [-0.05, 0) is 64.4 Å². The molecule has 4 rings (SSSR count). The van der Waals surface area contributed by atoms with Gasteiger partial charge in [-0.3, -0.25) is 0 Å². The van der Waals surface area contributed by atoms with Crippen LogP contribution < -0.4 is 10.8 Å². The lowest BCUT2D eigenvalue weighted by Gasteiger charge is -2.32. The molecule has 0 aromatic heterocycles. The minimum atomic E-state index is -0.287. The Morgan fingerprint density at radius 3 is 2.58 bits per heavy atom. The first-order valence-electron chi connectivity index (χ1n) is 9.22. The van der Waals surface area contributed by atoms with Crippen molar-refractivity contribution in [2.24, 2.45) is 0 Å². The lowest BCUT2D eigenvalue weighted by atomic mass is 9.78. The summed E-state index contributed by atoms with van der Waals surface area (Å²) in [5, 5.41) is 3.66. The minimum absolute atomic E-state index is 0.270. The zero-order valence-electron chi connectivity index (χ0n) is 15.3. The van der Waals surface area contributed by atoms with Crippen molar-refractivity contribution in [1.82, 2.24) is 5.32 Å². The van der Waals surface area contributed by atoms with Crippen molar-refractivity contribution < 1.29 is 9.31 Å². The molecule has 0 radical (unpaired) electrons. The van der Waals surface area contributed by atoms with Crippen LogP contribution in [0.15, 0.2) is 35.9 Å². The van der Waals surface area contributed by atoms with Gasteiger partial charge in [0.1, 0.15) is 0 Å². The predicted octanol–water partition coefficient (Wildman–Crippen LogP) is 2.98. The average molecular weight is 325 g/mol. The van der Waals surface area contributed by atoms with Crippen molar-refractivity contribution in [2.45, 2.75) is 76.7 Å². The smallest absolute Gasteiger partial charge is 0.399 e. The summed E-state index contributed by atoms with van der Waals surface area (Å²) in [6, 6.07) is 10.0. The molecule has 128 valence electrons. The van der Waals surface area contributed by atoms with Crippen molar-refractivity contribution in [3.8, 4) is 0 Å². The van der Waals surface area contributed by atoms with Crippen LogP contribution in [0.3, 0.4) is 0 Å². The normalized spacial score (nSPS) is 30.5. The summed E-state index contributed by atoms with van der Waals surface area (Å²) < 4.78 is 12.4. The highest BCUT2D eigenvalue weighted by atomic mass is 16.7. The van der Waals surface area contributed by atoms with E-state index in [1.54, 1.807) is 5.57 Å². The molecule has 1 aromatic rings. The fraction of sp³-hybridized carbons (Fsp3) is 0.600. The van der Waals surface area contributed by atoms with E-state index in [-0.39, 0.29) is 18.3 Å². The molecule has 0 aliphatic carbocycles. The van der Waals surface area contributed by atoms with Gasteiger partial charge in [0.05, 0.1) is 11.2 Å². The Labute approximate surface area is 146 Å². The maximum atomic E-state index is 6.19. The van der Waals surface area contributed by atoms with Crippen LogP contribution in [-0.2, 0) is 15.7 Å². The predicted molar refractivity (Wildman–Crippen MR) is 98.5 cm³/mol. The highest BCUT2D eigenvalue weighted by molar-refractivity contribution is 6.62. The summed E-state index contributed by atoms with van der Waals surface area (Å²) >= 11 is 0. The summed E-state index contributed by atoms with van der Waals surface area (Å²) in [5.74, 6) is 0. The highest BCUT2D eigenvalue weighted by Crippen LogP contribution is 2.36. The maximum Gasteiger partial charge on any atom is 0.494 e. The van der Waals surface area contributed by atoms with Crippen LogP contribution in [0, 0.1) is 0 Å². The molecule has 0 amide bonds. The van der Waals surface area contributed by atoms with Gasteiger partial charge in [-0.1, -0.05) is 35.9 Å². The molecule has 1 aromatic carbocycles. The number of hydrogen-bond donors (Lipinski definition) is 1. The molecule has 3 aliphatic heterocycles. The fourth-order valence-electron chi connectivity index (χ4n) is 4.03. The van der Waals surface area contributed by atoms with Crippen LogP contribution in [0.5, 0.6) is 0 Å². The number of benzene rings is 1. The second-order valence-electron chi connectivity index (χ2n) is 8.59. The van der Waals surface area contributed by atoms with Crippen LogP contribution in [-0.4, -0.2) is 30.4 Å². The Morgan fingerprint density at radius 1 is 1.12 bits per heavy atom. The van der Waals surface area contributed by atoms with Crippen molar-refractivity contribution >= 4 is 12.6 Å². The molecular weight excluding hydrogens is 297 g/mol. The molecule has 2 bridgehead atoms. The number of fused-ring (bicyclic) bond motifs is 2. The minimum Gasteiger partial charge on any atom is -0.399 e. The molecule has 1 N–H and O–H groups in total. The van der Waals surface area contributed by atoms with Gasteiger partial charge in [-0.2, -0.15) is 0 Å². The van der Waals surface area contributed by atoms with Crippen LogP contribution in [0.4, 0.5) is 0 Å². The topological polar surface area (TPSA) is 30.5 Å². The summed E-state index contributed by atoms with van der Waals surface area (Å²) in [4.78, 5) is 0. The lowest BCUT2D eigenvalue weighted by Crippen LogP contribution is -2.41. The van der Waals surface area contributed by atoms with E-state index in [0.29, 0.717) is 12.1 Å². The van der Waals surface area contributed by atoms with Crippen LogP contribution in [0.1, 0.15) is 52.5 Å². The Kier molecular flexibility index (Phi) is 3.90. The first-order chi connectivity index (χ1) is 11.3. The molecule has 2 saturated heterocycles. The third-order valence-corrected chi connectivity index (χ3v) is 6.13. The molecular formula is C20H28BNO2. The number of rotatable bonds is 3. The molecule has 2 atom stereocenters. The summed E-state index contributed by atoms with van der Waals surface area (Å²) in [7, 11) is -0.270.